The summed E-state index contributed by atoms with van der Waals surface area (Å²) in [6.07, 6.45) is 2.26. The van der Waals surface area contributed by atoms with E-state index >= 15 is 0 Å². The van der Waals surface area contributed by atoms with Crippen LogP contribution in [0.15, 0.2) is 22.0 Å². The number of hydrogen-bond acceptors (Lipinski definition) is 4. The summed E-state index contributed by atoms with van der Waals surface area (Å²) < 4.78 is 0.751. The van der Waals surface area contributed by atoms with Gasteiger partial charge < -0.3 is 5.32 Å². The number of nitrogens with zero attached hydrogens (tertiary/aromatic N) is 2. The highest BCUT2D eigenvalue weighted by molar-refractivity contribution is 9.10. The van der Waals surface area contributed by atoms with Gasteiger partial charge in [-0.2, -0.15) is 5.10 Å². The van der Waals surface area contributed by atoms with Crippen molar-refractivity contribution >= 4 is 33.2 Å². The van der Waals surface area contributed by atoms with E-state index in [2.05, 4.69) is 53.9 Å². The molecule has 0 unspecified atom stereocenters. The van der Waals surface area contributed by atoms with E-state index in [1.54, 1.807) is 0 Å². The van der Waals surface area contributed by atoms with Gasteiger partial charge in [0.2, 0.25) is 0 Å². The van der Waals surface area contributed by atoms with Crippen LogP contribution in [-0.2, 0) is 6.54 Å². The first-order valence-corrected chi connectivity index (χ1v) is 9.54. The quantitative estimate of drug-likeness (QED) is 0.815. The predicted molar refractivity (Wildman–Crippen MR) is 95.7 cm³/mol. The Kier molecular flexibility index (Phi) is 5.50. The van der Waals surface area contributed by atoms with Gasteiger partial charge in [0.15, 0.2) is 5.69 Å². The highest BCUT2D eigenvalue weighted by atomic mass is 79.9. The number of likely N-dealkylation sites (tertiary alicyclic amines) is 1. The van der Waals surface area contributed by atoms with E-state index in [-0.39, 0.29) is 5.91 Å². The van der Waals surface area contributed by atoms with Gasteiger partial charge in [0, 0.05) is 23.7 Å². The molecule has 0 aromatic carbocycles. The van der Waals surface area contributed by atoms with Crippen molar-refractivity contribution in [1.82, 2.24) is 20.4 Å². The second kappa shape index (κ2) is 7.59. The smallest absolute Gasteiger partial charge is 0.272 e. The van der Waals surface area contributed by atoms with E-state index in [4.69, 9.17) is 0 Å². The number of aromatic nitrogens is 2. The van der Waals surface area contributed by atoms with Crippen LogP contribution in [0.4, 0.5) is 0 Å². The Bertz CT molecular complexity index is 647. The van der Waals surface area contributed by atoms with E-state index in [0.29, 0.717) is 11.6 Å². The number of amides is 1. The lowest BCUT2D eigenvalue weighted by Gasteiger charge is -2.31. The number of hydrogen-bond donors (Lipinski definition) is 2. The summed E-state index contributed by atoms with van der Waals surface area (Å²) in [6.45, 7) is 5.87. The highest BCUT2D eigenvalue weighted by Gasteiger charge is 2.21. The van der Waals surface area contributed by atoms with Crippen molar-refractivity contribution in [3.05, 3.63) is 38.3 Å². The average Bonchev–Trinajstić information content (AvgIpc) is 3.17. The first kappa shape index (κ1) is 16.7. The van der Waals surface area contributed by atoms with E-state index < -0.39 is 0 Å². The molecule has 23 heavy (non-hydrogen) atoms. The normalized spacial score (nSPS) is 16.6. The Balaban J connectivity index is 1.42. The molecule has 124 valence electrons. The number of H-pyrrole nitrogens is 1. The van der Waals surface area contributed by atoms with Gasteiger partial charge in [-0.15, -0.1) is 11.3 Å². The third kappa shape index (κ3) is 4.22. The molecule has 0 bridgehead atoms. The maximum Gasteiger partial charge on any atom is 0.272 e. The molecule has 0 spiro atoms. The third-order valence-electron chi connectivity index (χ3n) is 4.31. The maximum absolute atomic E-state index is 12.2. The van der Waals surface area contributed by atoms with Crippen LogP contribution in [-0.4, -0.2) is 40.6 Å². The number of carbonyl (C=O) groups excluding carboxylic acids is 1. The zero-order valence-electron chi connectivity index (χ0n) is 13.1. The maximum atomic E-state index is 12.2. The molecule has 1 saturated heterocycles. The van der Waals surface area contributed by atoms with Crippen LogP contribution in [0.25, 0.3) is 0 Å². The molecule has 5 nitrogen and oxygen atoms in total. The standard InChI is InChI=1S/C16H21BrN4OS/c1-11-14(17)15(20-19-11)16(22)18-9-12-4-6-21(7-5-12)10-13-3-2-8-23-13/h2-3,8,12H,4-7,9-10H2,1H3,(H,18,22)(H,19,20). The number of nitrogens with one attached hydrogen (secondary N) is 2. The molecule has 2 N–H and O–H groups in total. The first-order valence-electron chi connectivity index (χ1n) is 7.87. The van der Waals surface area contributed by atoms with Crippen LogP contribution in [0.5, 0.6) is 0 Å². The molecule has 1 fully saturated rings. The summed E-state index contributed by atoms with van der Waals surface area (Å²) in [6, 6.07) is 4.30. The molecular formula is C16H21BrN4OS. The third-order valence-corrected chi connectivity index (χ3v) is 6.14. The van der Waals surface area contributed by atoms with E-state index in [9.17, 15) is 4.79 Å². The highest BCUT2D eigenvalue weighted by Crippen LogP contribution is 2.21. The summed E-state index contributed by atoms with van der Waals surface area (Å²) in [7, 11) is 0. The predicted octanol–water partition coefficient (Wildman–Crippen LogP) is 3.18. The number of rotatable bonds is 5. The van der Waals surface area contributed by atoms with E-state index in [1.165, 1.54) is 4.88 Å². The summed E-state index contributed by atoms with van der Waals surface area (Å²) >= 11 is 5.21. The largest absolute Gasteiger partial charge is 0.350 e. The molecule has 7 heteroatoms. The average molecular weight is 397 g/mol. The fourth-order valence-corrected chi connectivity index (χ4v) is 3.96. The number of halogens is 1. The van der Waals surface area contributed by atoms with Crippen LogP contribution >= 0.6 is 27.3 Å². The summed E-state index contributed by atoms with van der Waals surface area (Å²) in [4.78, 5) is 16.1. The molecule has 1 amide bonds. The molecule has 0 aliphatic carbocycles. The van der Waals surface area contributed by atoms with Crippen molar-refractivity contribution in [3.8, 4) is 0 Å². The van der Waals surface area contributed by atoms with Gasteiger partial charge in [0.25, 0.3) is 5.91 Å². The summed E-state index contributed by atoms with van der Waals surface area (Å²) in [5.74, 6) is 0.444. The van der Waals surface area contributed by atoms with Gasteiger partial charge in [-0.3, -0.25) is 14.8 Å². The van der Waals surface area contributed by atoms with Crippen LogP contribution < -0.4 is 5.32 Å². The molecule has 1 aliphatic heterocycles. The molecule has 0 saturated carbocycles. The van der Waals surface area contributed by atoms with E-state index in [1.807, 2.05) is 18.3 Å². The number of carbonyl (C=O) groups is 1. The van der Waals surface area contributed by atoms with Gasteiger partial charge in [0.05, 0.1) is 4.47 Å². The first-order chi connectivity index (χ1) is 11.1. The van der Waals surface area contributed by atoms with E-state index in [0.717, 1.165) is 49.2 Å². The molecule has 0 radical (unpaired) electrons. The van der Waals surface area contributed by atoms with Crippen molar-refractivity contribution in [1.29, 1.82) is 0 Å². The van der Waals surface area contributed by atoms with Crippen LogP contribution in [0, 0.1) is 12.8 Å². The van der Waals surface area contributed by atoms with Crippen LogP contribution in [0.2, 0.25) is 0 Å². The zero-order chi connectivity index (χ0) is 16.2. The number of piperidine rings is 1. The van der Waals surface area contributed by atoms with Crippen molar-refractivity contribution in [3.63, 3.8) is 0 Å². The fraction of sp³-hybridized carbons (Fsp3) is 0.500. The number of thiophene rings is 1. The monoisotopic (exact) mass is 396 g/mol. The van der Waals surface area contributed by atoms with Crippen LogP contribution in [0.1, 0.15) is 33.9 Å². The molecule has 2 aromatic rings. The lowest BCUT2D eigenvalue weighted by Crippen LogP contribution is -2.38. The van der Waals surface area contributed by atoms with Crippen molar-refractivity contribution < 1.29 is 4.79 Å². The number of aromatic amines is 1. The fourth-order valence-electron chi connectivity index (χ4n) is 2.86. The minimum Gasteiger partial charge on any atom is -0.350 e. The molecule has 2 aromatic heterocycles. The summed E-state index contributed by atoms with van der Waals surface area (Å²) in [5.41, 5.74) is 1.31. The molecule has 0 atom stereocenters. The SMILES string of the molecule is Cc1[nH]nc(C(=O)NCC2CCN(Cc3cccs3)CC2)c1Br. The zero-order valence-corrected chi connectivity index (χ0v) is 15.5. The van der Waals surface area contributed by atoms with Gasteiger partial charge in [-0.1, -0.05) is 6.07 Å². The number of aryl methyl sites for hydroxylation is 1. The van der Waals surface area contributed by atoms with Gasteiger partial charge in [-0.05, 0) is 66.1 Å². The lowest BCUT2D eigenvalue weighted by atomic mass is 9.96. The summed E-state index contributed by atoms with van der Waals surface area (Å²) in [5, 5.41) is 12.0. The lowest BCUT2D eigenvalue weighted by molar-refractivity contribution is 0.0929. The second-order valence-electron chi connectivity index (χ2n) is 6.02. The second-order valence-corrected chi connectivity index (χ2v) is 7.85. The topological polar surface area (TPSA) is 61.0 Å². The Morgan fingerprint density at radius 2 is 2.30 bits per heavy atom. The Morgan fingerprint density at radius 1 is 1.52 bits per heavy atom. The van der Waals surface area contributed by atoms with Gasteiger partial charge in [0.1, 0.15) is 0 Å². The minimum absolute atomic E-state index is 0.109. The Hall–Kier alpha value is -1.18. The van der Waals surface area contributed by atoms with Crippen molar-refractivity contribution in [2.24, 2.45) is 5.92 Å². The minimum atomic E-state index is -0.109. The molecule has 3 heterocycles. The van der Waals surface area contributed by atoms with Crippen molar-refractivity contribution in [2.45, 2.75) is 26.3 Å². The van der Waals surface area contributed by atoms with Crippen molar-refractivity contribution in [2.75, 3.05) is 19.6 Å². The molecular weight excluding hydrogens is 376 g/mol. The van der Waals surface area contributed by atoms with Gasteiger partial charge in [-0.25, -0.2) is 0 Å². The van der Waals surface area contributed by atoms with Gasteiger partial charge >= 0.3 is 0 Å². The molecule has 1 aliphatic rings. The Morgan fingerprint density at radius 3 is 2.91 bits per heavy atom. The van der Waals surface area contributed by atoms with Crippen LogP contribution in [0.3, 0.4) is 0 Å². The molecule has 3 rings (SSSR count). The Labute approximate surface area is 148 Å².